The first kappa shape index (κ1) is 12.9. The van der Waals surface area contributed by atoms with Crippen LogP contribution in [0.4, 0.5) is 0 Å². The molecule has 0 radical (unpaired) electrons. The molecule has 0 saturated carbocycles. The monoisotopic (exact) mass is 231 g/mol. The van der Waals surface area contributed by atoms with Gasteiger partial charge in [0, 0.05) is 13.1 Å². The molecule has 2 atom stereocenters. The fourth-order valence-electron chi connectivity index (χ4n) is 1.68. The van der Waals surface area contributed by atoms with E-state index in [1.54, 1.807) is 4.90 Å². The van der Waals surface area contributed by atoms with Gasteiger partial charge in [0.2, 0.25) is 5.91 Å². The fraction of sp³-hybridized carbons (Fsp3) is 0.800. The fourth-order valence-corrected chi connectivity index (χ4v) is 1.68. The molecule has 1 heterocycles. The highest BCUT2D eigenvalue weighted by Gasteiger charge is 2.26. The highest BCUT2D eigenvalue weighted by molar-refractivity contribution is 5.78. The molecule has 1 aliphatic heterocycles. The van der Waals surface area contributed by atoms with Gasteiger partial charge in [-0.2, -0.15) is 0 Å². The minimum Gasteiger partial charge on any atom is -0.480 e. The number of aliphatic hydroxyl groups is 1. The van der Waals surface area contributed by atoms with Crippen molar-refractivity contribution >= 4 is 11.9 Å². The van der Waals surface area contributed by atoms with Crippen molar-refractivity contribution in [2.45, 2.75) is 19.4 Å². The van der Waals surface area contributed by atoms with Gasteiger partial charge < -0.3 is 19.8 Å². The van der Waals surface area contributed by atoms with Crippen molar-refractivity contribution in [3.63, 3.8) is 0 Å². The third-order valence-corrected chi connectivity index (χ3v) is 2.66. The number of carboxylic acids is 1. The van der Waals surface area contributed by atoms with E-state index in [-0.39, 0.29) is 24.5 Å². The minimum atomic E-state index is -1.09. The zero-order chi connectivity index (χ0) is 12.1. The van der Waals surface area contributed by atoms with Crippen molar-refractivity contribution < 1.29 is 24.5 Å². The summed E-state index contributed by atoms with van der Waals surface area (Å²) in [5.41, 5.74) is 0. The number of rotatable bonds is 4. The van der Waals surface area contributed by atoms with Gasteiger partial charge >= 0.3 is 5.97 Å². The van der Waals surface area contributed by atoms with E-state index in [2.05, 4.69) is 0 Å². The lowest BCUT2D eigenvalue weighted by molar-refractivity contribution is -0.147. The maximum absolute atomic E-state index is 11.6. The van der Waals surface area contributed by atoms with Crippen molar-refractivity contribution in [1.82, 2.24) is 4.90 Å². The molecule has 92 valence electrons. The first-order chi connectivity index (χ1) is 7.50. The number of nitrogens with zero attached hydrogens (tertiary/aromatic N) is 1. The number of likely N-dealkylation sites (tertiary alicyclic amines) is 1. The molecule has 1 saturated heterocycles. The third-order valence-electron chi connectivity index (χ3n) is 2.66. The van der Waals surface area contributed by atoms with Crippen LogP contribution in [0.25, 0.3) is 0 Å². The molecule has 1 fully saturated rings. The summed E-state index contributed by atoms with van der Waals surface area (Å²) in [4.78, 5) is 23.3. The van der Waals surface area contributed by atoms with Crippen LogP contribution in [-0.4, -0.2) is 59.4 Å². The molecule has 16 heavy (non-hydrogen) atoms. The SMILES string of the molecule is CC1CN(C(=O)COCC(=O)O)CCC1O. The van der Waals surface area contributed by atoms with E-state index in [1.807, 2.05) is 6.92 Å². The number of aliphatic carboxylic acids is 1. The van der Waals surface area contributed by atoms with E-state index in [0.29, 0.717) is 19.5 Å². The van der Waals surface area contributed by atoms with E-state index in [1.165, 1.54) is 0 Å². The number of carboxylic acid groups (broad SMARTS) is 1. The number of amides is 1. The third kappa shape index (κ3) is 3.79. The van der Waals surface area contributed by atoms with Gasteiger partial charge in [-0.1, -0.05) is 6.92 Å². The number of hydrogen-bond acceptors (Lipinski definition) is 4. The highest BCUT2D eigenvalue weighted by Crippen LogP contribution is 2.16. The Hall–Kier alpha value is -1.14. The Kier molecular flexibility index (Phi) is 4.70. The van der Waals surface area contributed by atoms with Crippen LogP contribution in [-0.2, 0) is 14.3 Å². The molecule has 0 aromatic carbocycles. The average Bonchev–Trinajstić information content (AvgIpc) is 2.21. The Bertz CT molecular complexity index is 268. The molecule has 1 rings (SSSR count). The average molecular weight is 231 g/mol. The molecule has 0 spiro atoms. The van der Waals surface area contributed by atoms with Crippen LogP contribution in [0.3, 0.4) is 0 Å². The number of carbonyl (C=O) groups is 2. The summed E-state index contributed by atoms with van der Waals surface area (Å²) in [5.74, 6) is -1.26. The lowest BCUT2D eigenvalue weighted by atomic mass is 9.97. The number of hydrogen-bond donors (Lipinski definition) is 2. The molecule has 2 unspecified atom stereocenters. The predicted molar refractivity (Wildman–Crippen MR) is 54.8 cm³/mol. The van der Waals surface area contributed by atoms with Gasteiger partial charge in [-0.25, -0.2) is 4.79 Å². The van der Waals surface area contributed by atoms with Crippen LogP contribution in [0.15, 0.2) is 0 Å². The summed E-state index contributed by atoms with van der Waals surface area (Å²) < 4.78 is 4.72. The second-order valence-electron chi connectivity index (χ2n) is 4.06. The zero-order valence-corrected chi connectivity index (χ0v) is 9.26. The van der Waals surface area contributed by atoms with Crippen LogP contribution in [0, 0.1) is 5.92 Å². The summed E-state index contributed by atoms with van der Waals surface area (Å²) in [6.07, 6.45) is 0.204. The summed E-state index contributed by atoms with van der Waals surface area (Å²) in [6.45, 7) is 2.20. The molecule has 0 aliphatic carbocycles. The van der Waals surface area contributed by atoms with Crippen molar-refractivity contribution in [2.24, 2.45) is 5.92 Å². The molecular weight excluding hydrogens is 214 g/mol. The second-order valence-corrected chi connectivity index (χ2v) is 4.06. The lowest BCUT2D eigenvalue weighted by Crippen LogP contribution is -2.46. The van der Waals surface area contributed by atoms with Crippen molar-refractivity contribution in [1.29, 1.82) is 0 Å². The lowest BCUT2D eigenvalue weighted by Gasteiger charge is -2.34. The molecule has 1 amide bonds. The Balaban J connectivity index is 2.29. The highest BCUT2D eigenvalue weighted by atomic mass is 16.5. The normalized spacial score (nSPS) is 25.5. The zero-order valence-electron chi connectivity index (χ0n) is 9.26. The van der Waals surface area contributed by atoms with Gasteiger partial charge in [0.1, 0.15) is 13.2 Å². The van der Waals surface area contributed by atoms with E-state index < -0.39 is 12.6 Å². The van der Waals surface area contributed by atoms with E-state index in [9.17, 15) is 14.7 Å². The quantitative estimate of drug-likeness (QED) is 0.669. The number of ether oxygens (including phenoxy) is 1. The summed E-state index contributed by atoms with van der Waals surface area (Å²) in [6, 6.07) is 0. The van der Waals surface area contributed by atoms with Crippen molar-refractivity contribution in [3.05, 3.63) is 0 Å². The van der Waals surface area contributed by atoms with Gasteiger partial charge in [0.25, 0.3) is 0 Å². The largest absolute Gasteiger partial charge is 0.480 e. The Labute approximate surface area is 93.8 Å². The van der Waals surface area contributed by atoms with E-state index >= 15 is 0 Å². The summed E-state index contributed by atoms with van der Waals surface area (Å²) >= 11 is 0. The second kappa shape index (κ2) is 5.81. The summed E-state index contributed by atoms with van der Waals surface area (Å²) in [7, 11) is 0. The smallest absolute Gasteiger partial charge is 0.329 e. The van der Waals surface area contributed by atoms with Gasteiger partial charge in [0.15, 0.2) is 0 Å². The molecule has 6 nitrogen and oxygen atoms in total. The maximum atomic E-state index is 11.6. The Morgan fingerprint density at radius 1 is 1.44 bits per heavy atom. The van der Waals surface area contributed by atoms with Gasteiger partial charge in [-0.05, 0) is 12.3 Å². The molecule has 1 aliphatic rings. The molecular formula is C10H17NO5. The number of aliphatic hydroxyl groups excluding tert-OH is 1. The molecule has 0 bridgehead atoms. The molecule has 2 N–H and O–H groups in total. The van der Waals surface area contributed by atoms with Crippen LogP contribution in [0.5, 0.6) is 0 Å². The van der Waals surface area contributed by atoms with Crippen LogP contribution >= 0.6 is 0 Å². The first-order valence-electron chi connectivity index (χ1n) is 5.26. The Morgan fingerprint density at radius 2 is 2.12 bits per heavy atom. The molecule has 0 aromatic rings. The van der Waals surface area contributed by atoms with E-state index in [0.717, 1.165) is 0 Å². The van der Waals surface area contributed by atoms with Crippen LogP contribution in [0.2, 0.25) is 0 Å². The molecule has 0 aromatic heterocycles. The maximum Gasteiger partial charge on any atom is 0.329 e. The topological polar surface area (TPSA) is 87.1 Å². The first-order valence-corrected chi connectivity index (χ1v) is 5.26. The van der Waals surface area contributed by atoms with Crippen LogP contribution in [0.1, 0.15) is 13.3 Å². The van der Waals surface area contributed by atoms with Crippen molar-refractivity contribution in [2.75, 3.05) is 26.3 Å². The van der Waals surface area contributed by atoms with Gasteiger partial charge in [-0.15, -0.1) is 0 Å². The van der Waals surface area contributed by atoms with Gasteiger partial charge in [-0.3, -0.25) is 4.79 Å². The van der Waals surface area contributed by atoms with Crippen molar-refractivity contribution in [3.8, 4) is 0 Å². The Morgan fingerprint density at radius 3 is 2.69 bits per heavy atom. The number of carbonyl (C=O) groups excluding carboxylic acids is 1. The number of piperidine rings is 1. The van der Waals surface area contributed by atoms with E-state index in [4.69, 9.17) is 9.84 Å². The standard InChI is InChI=1S/C10H17NO5/c1-7-4-11(3-2-8(7)12)9(13)5-16-6-10(14)15/h7-8,12H,2-6H2,1H3,(H,14,15). The van der Waals surface area contributed by atoms with Gasteiger partial charge in [0.05, 0.1) is 6.10 Å². The van der Waals surface area contributed by atoms with Crippen LogP contribution < -0.4 is 0 Å². The molecule has 6 heteroatoms. The minimum absolute atomic E-state index is 0.0529. The summed E-state index contributed by atoms with van der Waals surface area (Å²) in [5, 5.41) is 17.8. The predicted octanol–water partition coefficient (Wildman–Crippen LogP) is -0.683.